The molecule has 0 bridgehead atoms. The molecule has 3 aromatic rings. The van der Waals surface area contributed by atoms with Crippen LogP contribution in [-0.4, -0.2) is 21.1 Å². The van der Waals surface area contributed by atoms with Crippen molar-refractivity contribution in [2.45, 2.75) is 40.0 Å². The number of benzene rings is 1. The van der Waals surface area contributed by atoms with Crippen molar-refractivity contribution in [2.75, 3.05) is 6.54 Å². The zero-order valence-corrected chi connectivity index (χ0v) is 14.9. The summed E-state index contributed by atoms with van der Waals surface area (Å²) in [5.74, 6) is 1.04. The van der Waals surface area contributed by atoms with Crippen LogP contribution >= 0.6 is 0 Å². The normalized spacial score (nSPS) is 10.8. The fourth-order valence-corrected chi connectivity index (χ4v) is 3.10. The van der Waals surface area contributed by atoms with Crippen molar-refractivity contribution < 1.29 is 0 Å². The van der Waals surface area contributed by atoms with Gasteiger partial charge in [0.1, 0.15) is 11.3 Å². The maximum Gasteiger partial charge on any atom is 0.165 e. The SMILES string of the molecule is CCCc1nc2c(C)cc(C)nc2n1-c1ccc(CCN=[N+]=[N-])cc1. The Morgan fingerprint density at radius 2 is 1.88 bits per heavy atom. The van der Waals surface area contributed by atoms with Gasteiger partial charge in [0.15, 0.2) is 5.65 Å². The Bertz CT molecular complexity index is 933. The highest BCUT2D eigenvalue weighted by atomic mass is 15.1. The van der Waals surface area contributed by atoms with Crippen LogP contribution in [0.15, 0.2) is 35.4 Å². The van der Waals surface area contributed by atoms with E-state index in [-0.39, 0.29) is 0 Å². The van der Waals surface area contributed by atoms with Crippen LogP contribution in [0.25, 0.3) is 27.3 Å². The van der Waals surface area contributed by atoms with Crippen molar-refractivity contribution in [1.82, 2.24) is 14.5 Å². The average Bonchev–Trinajstić information content (AvgIpc) is 2.95. The summed E-state index contributed by atoms with van der Waals surface area (Å²) in [6.45, 7) is 6.74. The van der Waals surface area contributed by atoms with Gasteiger partial charge in [0.2, 0.25) is 0 Å². The molecule has 0 amide bonds. The number of imidazole rings is 1. The van der Waals surface area contributed by atoms with Gasteiger partial charge in [-0.1, -0.05) is 24.2 Å². The lowest BCUT2D eigenvalue weighted by Crippen LogP contribution is -2.03. The third-order valence-corrected chi connectivity index (χ3v) is 4.24. The van der Waals surface area contributed by atoms with Crippen molar-refractivity contribution in [3.05, 3.63) is 63.4 Å². The Kier molecular flexibility index (Phi) is 5.00. The van der Waals surface area contributed by atoms with Gasteiger partial charge in [-0.25, -0.2) is 9.97 Å². The topological polar surface area (TPSA) is 79.5 Å². The Balaban J connectivity index is 2.07. The lowest BCUT2D eigenvalue weighted by Gasteiger charge is -2.10. The fraction of sp³-hybridized carbons (Fsp3) is 0.368. The van der Waals surface area contributed by atoms with E-state index in [1.165, 1.54) is 0 Å². The third kappa shape index (κ3) is 3.49. The molecule has 0 saturated heterocycles. The zero-order chi connectivity index (χ0) is 17.8. The first-order valence-corrected chi connectivity index (χ1v) is 8.59. The monoisotopic (exact) mass is 334 g/mol. The summed E-state index contributed by atoms with van der Waals surface area (Å²) in [5, 5.41) is 3.59. The zero-order valence-electron chi connectivity index (χ0n) is 14.9. The van der Waals surface area contributed by atoms with Crippen LogP contribution in [0.1, 0.15) is 36.0 Å². The molecular formula is C19H22N6. The van der Waals surface area contributed by atoms with E-state index in [9.17, 15) is 0 Å². The number of aromatic nitrogens is 3. The molecule has 6 nitrogen and oxygen atoms in total. The quantitative estimate of drug-likeness (QED) is 0.367. The molecule has 128 valence electrons. The Hall–Kier alpha value is -2.85. The summed E-state index contributed by atoms with van der Waals surface area (Å²) in [6, 6.07) is 10.4. The summed E-state index contributed by atoms with van der Waals surface area (Å²) < 4.78 is 2.16. The lowest BCUT2D eigenvalue weighted by molar-refractivity contribution is 0.814. The van der Waals surface area contributed by atoms with E-state index in [1.54, 1.807) is 0 Å². The molecule has 3 rings (SSSR count). The number of hydrogen-bond acceptors (Lipinski definition) is 3. The van der Waals surface area contributed by atoms with Gasteiger partial charge in [0.25, 0.3) is 0 Å². The van der Waals surface area contributed by atoms with Gasteiger partial charge < -0.3 is 0 Å². The Labute approximate surface area is 147 Å². The largest absolute Gasteiger partial charge is 0.281 e. The van der Waals surface area contributed by atoms with Gasteiger partial charge in [-0.05, 0) is 61.5 Å². The van der Waals surface area contributed by atoms with Crippen LogP contribution in [0.2, 0.25) is 0 Å². The predicted octanol–water partition coefficient (Wildman–Crippen LogP) is 4.84. The Morgan fingerprint density at radius 1 is 1.12 bits per heavy atom. The molecule has 1 aromatic carbocycles. The summed E-state index contributed by atoms with van der Waals surface area (Å²) in [5.41, 5.74) is 14.6. The second-order valence-electron chi connectivity index (χ2n) is 6.24. The van der Waals surface area contributed by atoms with Crippen LogP contribution in [0.5, 0.6) is 0 Å². The van der Waals surface area contributed by atoms with E-state index >= 15 is 0 Å². The highest BCUT2D eigenvalue weighted by molar-refractivity contribution is 5.78. The standard InChI is InChI=1S/C19H22N6/c1-4-5-17-23-18-13(2)12-14(3)22-19(18)25(17)16-8-6-15(7-9-16)10-11-21-24-20/h6-9,12H,4-5,10-11H2,1-3H3. The Morgan fingerprint density at radius 3 is 2.56 bits per heavy atom. The second-order valence-corrected chi connectivity index (χ2v) is 6.24. The van der Waals surface area contributed by atoms with Gasteiger partial charge in [0.05, 0.1) is 0 Å². The van der Waals surface area contributed by atoms with E-state index in [0.29, 0.717) is 6.54 Å². The van der Waals surface area contributed by atoms with Crippen molar-refractivity contribution in [3.63, 3.8) is 0 Å². The molecule has 2 aromatic heterocycles. The van der Waals surface area contributed by atoms with Crippen LogP contribution in [0.3, 0.4) is 0 Å². The number of hydrogen-bond donors (Lipinski definition) is 0. The second kappa shape index (κ2) is 7.36. The number of pyridine rings is 1. The smallest absolute Gasteiger partial charge is 0.165 e. The van der Waals surface area contributed by atoms with Crippen molar-refractivity contribution >= 4 is 11.2 Å². The molecule has 0 radical (unpaired) electrons. The number of aryl methyl sites for hydroxylation is 3. The van der Waals surface area contributed by atoms with Crippen molar-refractivity contribution in [2.24, 2.45) is 5.11 Å². The van der Waals surface area contributed by atoms with Crippen molar-refractivity contribution in [3.8, 4) is 5.69 Å². The highest BCUT2D eigenvalue weighted by Crippen LogP contribution is 2.24. The first-order chi connectivity index (χ1) is 12.1. The average molecular weight is 334 g/mol. The van der Waals surface area contributed by atoms with Crippen LogP contribution in [0.4, 0.5) is 0 Å². The highest BCUT2D eigenvalue weighted by Gasteiger charge is 2.15. The maximum absolute atomic E-state index is 8.38. The van der Waals surface area contributed by atoms with Gasteiger partial charge in [-0.3, -0.25) is 4.57 Å². The van der Waals surface area contributed by atoms with Crippen LogP contribution in [-0.2, 0) is 12.8 Å². The van der Waals surface area contributed by atoms with Gasteiger partial charge >= 0.3 is 0 Å². The van der Waals surface area contributed by atoms with E-state index in [4.69, 9.17) is 15.5 Å². The summed E-state index contributed by atoms with van der Waals surface area (Å²) >= 11 is 0. The van der Waals surface area contributed by atoms with Crippen molar-refractivity contribution in [1.29, 1.82) is 0 Å². The first-order valence-electron chi connectivity index (χ1n) is 8.59. The molecule has 0 aliphatic rings. The predicted molar refractivity (Wildman–Crippen MR) is 100 cm³/mol. The molecule has 0 aliphatic carbocycles. The molecule has 0 fully saturated rings. The van der Waals surface area contributed by atoms with Gasteiger partial charge in [0, 0.05) is 29.3 Å². The molecular weight excluding hydrogens is 312 g/mol. The fourth-order valence-electron chi connectivity index (χ4n) is 3.10. The molecule has 0 unspecified atom stereocenters. The molecule has 2 heterocycles. The third-order valence-electron chi connectivity index (χ3n) is 4.24. The number of azide groups is 1. The van der Waals surface area contributed by atoms with E-state index < -0.39 is 0 Å². The molecule has 0 N–H and O–H groups in total. The first kappa shape index (κ1) is 17.0. The molecule has 0 atom stereocenters. The minimum Gasteiger partial charge on any atom is -0.281 e. The minimum atomic E-state index is 0.477. The summed E-state index contributed by atoms with van der Waals surface area (Å²) in [4.78, 5) is 12.4. The molecule has 25 heavy (non-hydrogen) atoms. The maximum atomic E-state index is 8.38. The molecule has 0 aliphatic heterocycles. The van der Waals surface area contributed by atoms with E-state index in [2.05, 4.69) is 58.8 Å². The number of fused-ring (bicyclic) bond motifs is 1. The molecule has 6 heteroatoms. The van der Waals surface area contributed by atoms with Crippen LogP contribution in [0, 0.1) is 13.8 Å². The summed E-state index contributed by atoms with van der Waals surface area (Å²) in [7, 11) is 0. The van der Waals surface area contributed by atoms with Gasteiger partial charge in [-0.15, -0.1) is 0 Å². The van der Waals surface area contributed by atoms with E-state index in [0.717, 1.165) is 58.8 Å². The van der Waals surface area contributed by atoms with E-state index in [1.807, 2.05) is 6.92 Å². The summed E-state index contributed by atoms with van der Waals surface area (Å²) in [6.07, 6.45) is 2.69. The molecule has 0 spiro atoms. The van der Waals surface area contributed by atoms with Gasteiger partial charge in [-0.2, -0.15) is 0 Å². The lowest BCUT2D eigenvalue weighted by atomic mass is 10.1. The number of nitrogens with zero attached hydrogens (tertiary/aromatic N) is 6. The van der Waals surface area contributed by atoms with Crippen LogP contribution < -0.4 is 0 Å². The molecule has 0 saturated carbocycles. The minimum absolute atomic E-state index is 0.477. The number of rotatable bonds is 6.